The number of nitriles is 1. The predicted octanol–water partition coefficient (Wildman–Crippen LogP) is 2.84. The van der Waals surface area contributed by atoms with Crippen LogP contribution in [-0.4, -0.2) is 63.2 Å². The van der Waals surface area contributed by atoms with E-state index < -0.39 is 0 Å². The van der Waals surface area contributed by atoms with E-state index in [1.54, 1.807) is 11.9 Å². The highest BCUT2D eigenvalue weighted by molar-refractivity contribution is 7.16. The molecule has 0 bridgehead atoms. The summed E-state index contributed by atoms with van der Waals surface area (Å²) in [7, 11) is 1.73. The lowest BCUT2D eigenvalue weighted by atomic mass is 9.96. The molecule has 1 aromatic carbocycles. The summed E-state index contributed by atoms with van der Waals surface area (Å²) in [5.41, 5.74) is 3.52. The molecule has 0 spiro atoms. The highest BCUT2D eigenvalue weighted by Gasteiger charge is 2.22. The summed E-state index contributed by atoms with van der Waals surface area (Å²) < 4.78 is 5.38. The summed E-state index contributed by atoms with van der Waals surface area (Å²) in [5, 5.41) is 15.9. The number of benzene rings is 1. The topological polar surface area (TPSA) is 97.7 Å². The number of morpholine rings is 1. The number of anilines is 3. The fraction of sp³-hybridized carbons (Fsp3) is 0.458. The quantitative estimate of drug-likeness (QED) is 0.650. The van der Waals surface area contributed by atoms with Crippen molar-refractivity contribution in [3.05, 3.63) is 40.3 Å². The Balaban J connectivity index is 1.26. The van der Waals surface area contributed by atoms with E-state index in [2.05, 4.69) is 21.6 Å². The third-order valence-electron chi connectivity index (χ3n) is 5.89. The summed E-state index contributed by atoms with van der Waals surface area (Å²) in [6, 6.07) is 10.0. The van der Waals surface area contributed by atoms with Gasteiger partial charge in [0.05, 0.1) is 31.9 Å². The number of rotatable bonds is 7. The molecule has 2 aliphatic rings. The van der Waals surface area contributed by atoms with Crippen LogP contribution in [0.15, 0.2) is 24.3 Å². The zero-order chi connectivity index (χ0) is 23.2. The standard InChI is InChI=1S/C24H29N5O3S/c1-28(16-23(31)27-24-20(14-25)19-4-2-3-5-21(19)33-24)15-22(30)26-17-6-8-18(9-7-17)29-10-12-32-13-11-29/h6-9H,2-5,10-13,15-16H2,1H3,(H,26,30)(H,27,31). The predicted molar refractivity (Wildman–Crippen MR) is 130 cm³/mol. The Labute approximate surface area is 198 Å². The highest BCUT2D eigenvalue weighted by Crippen LogP contribution is 2.37. The first-order valence-electron chi connectivity index (χ1n) is 11.3. The van der Waals surface area contributed by atoms with Crippen LogP contribution >= 0.6 is 11.3 Å². The Hall–Kier alpha value is -2.93. The Kier molecular flexibility index (Phi) is 7.60. The molecular weight excluding hydrogens is 438 g/mol. The number of nitrogens with one attached hydrogen (secondary N) is 2. The lowest BCUT2D eigenvalue weighted by Gasteiger charge is -2.28. The normalized spacial score (nSPS) is 15.6. The number of nitrogens with zero attached hydrogens (tertiary/aromatic N) is 3. The van der Waals surface area contributed by atoms with Crippen molar-refractivity contribution < 1.29 is 14.3 Å². The van der Waals surface area contributed by atoms with Gasteiger partial charge in [-0.25, -0.2) is 0 Å². The van der Waals surface area contributed by atoms with Gasteiger partial charge in [0.15, 0.2) is 0 Å². The Morgan fingerprint density at radius 1 is 1.09 bits per heavy atom. The molecule has 2 amide bonds. The SMILES string of the molecule is CN(CC(=O)Nc1ccc(N2CCOCC2)cc1)CC(=O)Nc1sc2c(c1C#N)CCCC2. The number of thiophene rings is 1. The van der Waals surface area contributed by atoms with Gasteiger partial charge >= 0.3 is 0 Å². The molecule has 1 aromatic heterocycles. The molecule has 0 unspecified atom stereocenters. The average molecular weight is 468 g/mol. The summed E-state index contributed by atoms with van der Waals surface area (Å²) in [6.45, 7) is 3.34. The maximum Gasteiger partial charge on any atom is 0.239 e. The summed E-state index contributed by atoms with van der Waals surface area (Å²) in [5.74, 6) is -0.413. The van der Waals surface area contributed by atoms with Crippen LogP contribution in [0, 0.1) is 11.3 Å². The Morgan fingerprint density at radius 3 is 2.45 bits per heavy atom. The van der Waals surface area contributed by atoms with Gasteiger partial charge in [-0.05, 0) is 62.6 Å². The fourth-order valence-electron chi connectivity index (χ4n) is 4.26. The summed E-state index contributed by atoms with van der Waals surface area (Å²) in [4.78, 5) is 30.1. The molecule has 4 rings (SSSR count). The van der Waals surface area contributed by atoms with Gasteiger partial charge < -0.3 is 20.3 Å². The van der Waals surface area contributed by atoms with E-state index in [0.717, 1.165) is 68.9 Å². The van der Waals surface area contributed by atoms with E-state index in [1.807, 2.05) is 24.3 Å². The molecule has 9 heteroatoms. The largest absolute Gasteiger partial charge is 0.378 e. The Morgan fingerprint density at radius 2 is 1.76 bits per heavy atom. The molecule has 2 heterocycles. The molecule has 0 saturated carbocycles. The molecule has 0 atom stereocenters. The van der Waals surface area contributed by atoms with E-state index in [0.29, 0.717) is 10.6 Å². The number of hydrogen-bond acceptors (Lipinski definition) is 7. The van der Waals surface area contributed by atoms with E-state index in [-0.39, 0.29) is 24.9 Å². The maximum absolute atomic E-state index is 12.5. The molecule has 1 saturated heterocycles. The number of aryl methyl sites for hydroxylation is 1. The molecule has 1 aliphatic heterocycles. The smallest absolute Gasteiger partial charge is 0.239 e. The van der Waals surface area contributed by atoms with Gasteiger partial charge in [0.1, 0.15) is 11.1 Å². The van der Waals surface area contributed by atoms with E-state index in [4.69, 9.17) is 4.74 Å². The summed E-state index contributed by atoms with van der Waals surface area (Å²) >= 11 is 1.51. The molecule has 33 heavy (non-hydrogen) atoms. The molecule has 1 fully saturated rings. The second-order valence-electron chi connectivity index (χ2n) is 8.44. The minimum Gasteiger partial charge on any atom is -0.378 e. The van der Waals surface area contributed by atoms with Crippen LogP contribution in [0.4, 0.5) is 16.4 Å². The number of fused-ring (bicyclic) bond motifs is 1. The number of ether oxygens (including phenoxy) is 1. The zero-order valence-corrected chi connectivity index (χ0v) is 19.7. The van der Waals surface area contributed by atoms with Gasteiger partial charge in [-0.3, -0.25) is 14.5 Å². The van der Waals surface area contributed by atoms with Crippen LogP contribution in [0.2, 0.25) is 0 Å². The number of carbonyl (C=O) groups is 2. The van der Waals surface area contributed by atoms with Crippen LogP contribution < -0.4 is 15.5 Å². The summed E-state index contributed by atoms with van der Waals surface area (Å²) in [6.07, 6.45) is 4.08. The lowest BCUT2D eigenvalue weighted by molar-refractivity contribution is -0.119. The first-order valence-corrected chi connectivity index (χ1v) is 12.1. The highest BCUT2D eigenvalue weighted by atomic mass is 32.1. The fourth-order valence-corrected chi connectivity index (χ4v) is 5.52. The van der Waals surface area contributed by atoms with Crippen molar-refractivity contribution >= 4 is 39.5 Å². The molecule has 8 nitrogen and oxygen atoms in total. The Bertz CT molecular complexity index is 1040. The van der Waals surface area contributed by atoms with Crippen molar-refractivity contribution in [2.24, 2.45) is 0 Å². The first kappa shape index (κ1) is 23.2. The van der Waals surface area contributed by atoms with Crippen LogP contribution in [0.25, 0.3) is 0 Å². The number of likely N-dealkylation sites (N-methyl/N-ethyl adjacent to an activating group) is 1. The van der Waals surface area contributed by atoms with Gasteiger partial charge in [-0.2, -0.15) is 5.26 Å². The first-order chi connectivity index (χ1) is 16.0. The van der Waals surface area contributed by atoms with Crippen molar-refractivity contribution in [1.29, 1.82) is 5.26 Å². The van der Waals surface area contributed by atoms with Crippen molar-refractivity contribution in [1.82, 2.24) is 4.90 Å². The van der Waals surface area contributed by atoms with Gasteiger partial charge in [0.2, 0.25) is 11.8 Å². The van der Waals surface area contributed by atoms with Gasteiger partial charge in [-0.15, -0.1) is 11.3 Å². The van der Waals surface area contributed by atoms with E-state index in [9.17, 15) is 14.9 Å². The minimum atomic E-state index is -0.227. The third kappa shape index (κ3) is 5.90. The minimum absolute atomic E-state index is 0.0663. The molecule has 2 N–H and O–H groups in total. The second-order valence-corrected chi connectivity index (χ2v) is 9.55. The molecule has 1 aliphatic carbocycles. The lowest BCUT2D eigenvalue weighted by Crippen LogP contribution is -2.36. The monoisotopic (exact) mass is 467 g/mol. The maximum atomic E-state index is 12.5. The van der Waals surface area contributed by atoms with Crippen LogP contribution in [-0.2, 0) is 27.2 Å². The number of amides is 2. The molecule has 2 aromatic rings. The van der Waals surface area contributed by atoms with Gasteiger partial charge in [-0.1, -0.05) is 0 Å². The molecular formula is C24H29N5O3S. The van der Waals surface area contributed by atoms with Crippen molar-refractivity contribution in [3.8, 4) is 6.07 Å². The van der Waals surface area contributed by atoms with E-state index in [1.165, 1.54) is 16.2 Å². The molecule has 0 radical (unpaired) electrons. The second kappa shape index (κ2) is 10.8. The van der Waals surface area contributed by atoms with Crippen LogP contribution in [0.5, 0.6) is 0 Å². The third-order valence-corrected chi connectivity index (χ3v) is 7.10. The van der Waals surface area contributed by atoms with E-state index >= 15 is 0 Å². The number of carbonyl (C=O) groups excluding carboxylic acids is 2. The van der Waals surface area contributed by atoms with Crippen LogP contribution in [0.3, 0.4) is 0 Å². The zero-order valence-electron chi connectivity index (χ0n) is 18.9. The molecule has 174 valence electrons. The van der Waals surface area contributed by atoms with Crippen molar-refractivity contribution in [3.63, 3.8) is 0 Å². The van der Waals surface area contributed by atoms with Gasteiger partial charge in [0.25, 0.3) is 0 Å². The van der Waals surface area contributed by atoms with Crippen molar-refractivity contribution in [2.75, 3.05) is 62.0 Å². The van der Waals surface area contributed by atoms with Gasteiger partial charge in [0, 0.05) is 29.3 Å². The van der Waals surface area contributed by atoms with Crippen molar-refractivity contribution in [2.45, 2.75) is 25.7 Å². The van der Waals surface area contributed by atoms with Crippen LogP contribution in [0.1, 0.15) is 28.8 Å². The average Bonchev–Trinajstić information content (AvgIpc) is 3.16. The number of hydrogen-bond donors (Lipinski definition) is 2.